The first-order valence-corrected chi connectivity index (χ1v) is 13.6. The van der Waals surface area contributed by atoms with Crippen LogP contribution in [0.3, 0.4) is 0 Å². The van der Waals surface area contributed by atoms with Gasteiger partial charge in [0.2, 0.25) is 10.0 Å². The van der Waals surface area contributed by atoms with Gasteiger partial charge in [-0.05, 0) is 61.6 Å². The third kappa shape index (κ3) is 6.72. The lowest BCUT2D eigenvalue weighted by Gasteiger charge is -2.18. The van der Waals surface area contributed by atoms with Gasteiger partial charge in [0.1, 0.15) is 17.4 Å². The van der Waals surface area contributed by atoms with E-state index in [4.69, 9.17) is 9.15 Å². The van der Waals surface area contributed by atoms with Gasteiger partial charge in [-0.15, -0.1) is 0 Å². The van der Waals surface area contributed by atoms with Gasteiger partial charge < -0.3 is 9.15 Å². The molecule has 3 aromatic carbocycles. The van der Waals surface area contributed by atoms with Crippen molar-refractivity contribution in [2.45, 2.75) is 50.5 Å². The molecule has 1 aromatic heterocycles. The van der Waals surface area contributed by atoms with Crippen molar-refractivity contribution in [1.82, 2.24) is 4.72 Å². The van der Waals surface area contributed by atoms with Gasteiger partial charge in [0.25, 0.3) is 0 Å². The van der Waals surface area contributed by atoms with E-state index in [1.807, 2.05) is 37.3 Å². The van der Waals surface area contributed by atoms with Crippen molar-refractivity contribution in [3.05, 3.63) is 106 Å². The van der Waals surface area contributed by atoms with Crippen molar-refractivity contribution >= 4 is 27.0 Å². The zero-order chi connectivity index (χ0) is 26.4. The van der Waals surface area contributed by atoms with E-state index in [0.29, 0.717) is 5.58 Å². The predicted octanol–water partition coefficient (Wildman–Crippen LogP) is 4.94. The smallest absolute Gasteiger partial charge is 0.336 e. The first-order valence-electron chi connectivity index (χ1n) is 12.2. The molecule has 0 spiro atoms. The average molecular weight is 520 g/mol. The summed E-state index contributed by atoms with van der Waals surface area (Å²) in [5.74, 6) is -0.621. The van der Waals surface area contributed by atoms with Crippen LogP contribution >= 0.6 is 0 Å². The van der Waals surface area contributed by atoms with E-state index in [0.717, 1.165) is 41.3 Å². The van der Waals surface area contributed by atoms with Crippen LogP contribution in [0.1, 0.15) is 36.5 Å². The van der Waals surface area contributed by atoms with Crippen molar-refractivity contribution < 1.29 is 22.4 Å². The molecule has 0 amide bonds. The fraction of sp³-hybridized carbons (Fsp3) is 0.241. The second-order valence-electron chi connectivity index (χ2n) is 8.95. The second-order valence-corrected chi connectivity index (χ2v) is 10.7. The molecule has 7 nitrogen and oxygen atoms in total. The maximum absolute atomic E-state index is 13.2. The lowest BCUT2D eigenvalue weighted by Crippen LogP contribution is -2.44. The number of benzene rings is 3. The Hall–Kier alpha value is -3.75. The van der Waals surface area contributed by atoms with Crippen LogP contribution in [0.15, 0.2) is 93.0 Å². The summed E-state index contributed by atoms with van der Waals surface area (Å²) in [5, 5.41) is 0.772. The van der Waals surface area contributed by atoms with E-state index >= 15 is 0 Å². The van der Waals surface area contributed by atoms with E-state index in [1.165, 1.54) is 24.3 Å². The maximum Gasteiger partial charge on any atom is 0.336 e. The third-order valence-corrected chi connectivity index (χ3v) is 7.50. The van der Waals surface area contributed by atoms with Crippen molar-refractivity contribution in [3.63, 3.8) is 0 Å². The fourth-order valence-corrected chi connectivity index (χ4v) is 5.22. The molecule has 0 saturated heterocycles. The van der Waals surface area contributed by atoms with Crippen LogP contribution in [0.25, 0.3) is 11.0 Å². The normalized spacial score (nSPS) is 12.4. The van der Waals surface area contributed by atoms with Crippen molar-refractivity contribution in [2.75, 3.05) is 0 Å². The van der Waals surface area contributed by atoms with Gasteiger partial charge in [-0.3, -0.25) is 0 Å². The summed E-state index contributed by atoms with van der Waals surface area (Å²) in [4.78, 5) is 25.4. The minimum absolute atomic E-state index is 0.0519. The minimum atomic E-state index is -4.00. The number of esters is 1. The van der Waals surface area contributed by atoms with Crippen LogP contribution in [0.5, 0.6) is 5.75 Å². The number of nitrogens with one attached hydrogen (secondary N) is 1. The molecular weight excluding hydrogens is 490 g/mol. The standard InChI is InChI=1S/C29H29NO6S/c1-3-4-10-22-18-28(31)36-27-19-23(13-16-25(22)27)35-29(32)26(17-21-8-6-5-7-9-21)30-37(33,34)24-14-11-20(2)12-15-24/h5-9,11-16,18-19,26,30H,3-4,10,17H2,1-2H3. The Morgan fingerprint density at radius 1 is 1.00 bits per heavy atom. The highest BCUT2D eigenvalue weighted by Crippen LogP contribution is 2.24. The van der Waals surface area contributed by atoms with E-state index in [-0.39, 0.29) is 17.1 Å². The SMILES string of the molecule is CCCCc1cc(=O)oc2cc(OC(=O)C(Cc3ccccc3)NS(=O)(=O)c3ccc(C)cc3)ccc12. The molecule has 1 unspecified atom stereocenters. The topological polar surface area (TPSA) is 103 Å². The number of fused-ring (bicyclic) bond motifs is 1. The van der Waals surface area contributed by atoms with Crippen molar-refractivity contribution in [1.29, 1.82) is 0 Å². The minimum Gasteiger partial charge on any atom is -0.425 e. The average Bonchev–Trinajstić information content (AvgIpc) is 2.87. The number of carbonyl (C=O) groups excluding carboxylic acids is 1. The number of unbranched alkanes of at least 4 members (excludes halogenated alkanes) is 1. The Labute approximate surface area is 216 Å². The van der Waals surface area contributed by atoms with Gasteiger partial charge in [-0.25, -0.2) is 18.0 Å². The lowest BCUT2D eigenvalue weighted by atomic mass is 10.0. The first-order chi connectivity index (χ1) is 17.7. The van der Waals surface area contributed by atoms with Gasteiger partial charge in [-0.1, -0.05) is 61.4 Å². The predicted molar refractivity (Wildman–Crippen MR) is 142 cm³/mol. The summed E-state index contributed by atoms with van der Waals surface area (Å²) in [6.45, 7) is 3.93. The summed E-state index contributed by atoms with van der Waals surface area (Å²) in [6.07, 6.45) is 2.74. The zero-order valence-electron chi connectivity index (χ0n) is 20.8. The molecular formula is C29H29NO6S. The molecule has 1 N–H and O–H groups in total. The van der Waals surface area contributed by atoms with Crippen molar-refractivity contribution in [3.8, 4) is 5.75 Å². The molecule has 1 heterocycles. The van der Waals surface area contributed by atoms with Crippen molar-refractivity contribution in [2.24, 2.45) is 0 Å². The summed E-state index contributed by atoms with van der Waals surface area (Å²) >= 11 is 0. The quantitative estimate of drug-likeness (QED) is 0.181. The number of sulfonamides is 1. The number of carbonyl (C=O) groups is 1. The molecule has 1 atom stereocenters. The molecule has 0 bridgehead atoms. The number of aryl methyl sites for hydroxylation is 2. The monoisotopic (exact) mass is 519 g/mol. The van der Waals surface area contributed by atoms with Crippen LogP contribution in [0.2, 0.25) is 0 Å². The van der Waals surface area contributed by atoms with Crippen LogP contribution in [-0.2, 0) is 27.7 Å². The Kier molecular flexibility index (Phi) is 8.21. The lowest BCUT2D eigenvalue weighted by molar-refractivity contribution is -0.136. The Bertz CT molecular complexity index is 1540. The Morgan fingerprint density at radius 3 is 2.43 bits per heavy atom. The molecule has 37 heavy (non-hydrogen) atoms. The van der Waals surface area contributed by atoms with Gasteiger partial charge in [0, 0.05) is 17.5 Å². The van der Waals surface area contributed by atoms with E-state index in [2.05, 4.69) is 11.6 Å². The zero-order valence-corrected chi connectivity index (χ0v) is 21.6. The van der Waals surface area contributed by atoms with Crippen LogP contribution in [-0.4, -0.2) is 20.4 Å². The summed E-state index contributed by atoms with van der Waals surface area (Å²) in [7, 11) is -4.00. The molecule has 192 valence electrons. The molecule has 0 saturated carbocycles. The molecule has 0 aliphatic carbocycles. The van der Waals surface area contributed by atoms with E-state index < -0.39 is 27.7 Å². The second kappa shape index (κ2) is 11.5. The summed E-state index contributed by atoms with van der Waals surface area (Å²) < 4.78 is 39.6. The largest absolute Gasteiger partial charge is 0.425 e. The molecule has 0 radical (unpaired) electrons. The molecule has 8 heteroatoms. The number of rotatable bonds is 10. The number of ether oxygens (including phenoxy) is 1. The van der Waals surface area contributed by atoms with Crippen LogP contribution in [0, 0.1) is 6.92 Å². The summed E-state index contributed by atoms with van der Waals surface area (Å²) in [6, 6.07) is 20.6. The van der Waals surface area contributed by atoms with E-state index in [1.54, 1.807) is 24.3 Å². The highest BCUT2D eigenvalue weighted by atomic mass is 32.2. The van der Waals surface area contributed by atoms with Crippen LogP contribution < -0.4 is 15.1 Å². The fourth-order valence-electron chi connectivity index (χ4n) is 4.03. The van der Waals surface area contributed by atoms with E-state index in [9.17, 15) is 18.0 Å². The maximum atomic E-state index is 13.2. The Balaban J connectivity index is 1.61. The first kappa shape index (κ1) is 26.3. The van der Waals surface area contributed by atoms with Gasteiger partial charge in [0.15, 0.2) is 0 Å². The molecule has 0 aliphatic heterocycles. The summed E-state index contributed by atoms with van der Waals surface area (Å²) in [5.41, 5.74) is 2.39. The molecule has 0 fully saturated rings. The van der Waals surface area contributed by atoms with Gasteiger partial charge in [-0.2, -0.15) is 4.72 Å². The Morgan fingerprint density at radius 2 is 1.73 bits per heavy atom. The highest BCUT2D eigenvalue weighted by Gasteiger charge is 2.28. The molecule has 4 rings (SSSR count). The van der Waals surface area contributed by atoms with Gasteiger partial charge in [0.05, 0.1) is 4.90 Å². The number of hydrogen-bond acceptors (Lipinski definition) is 6. The highest BCUT2D eigenvalue weighted by molar-refractivity contribution is 7.89. The molecule has 4 aromatic rings. The third-order valence-electron chi connectivity index (χ3n) is 6.02. The van der Waals surface area contributed by atoms with Gasteiger partial charge >= 0.3 is 11.6 Å². The molecule has 0 aliphatic rings. The number of hydrogen-bond donors (Lipinski definition) is 1. The van der Waals surface area contributed by atoms with Crippen LogP contribution in [0.4, 0.5) is 0 Å².